The van der Waals surface area contributed by atoms with Gasteiger partial charge >= 0.3 is 0 Å². The number of hydrogen-bond acceptors (Lipinski definition) is 7. The maximum atomic E-state index is 13.2. The first-order chi connectivity index (χ1) is 16.0. The SMILES string of the molecule is CC1(Nc2ncc3nc(Nc4cccc(C(F)F)c4)n(C4CCNCC4)c3n2)CCOCC1. The minimum atomic E-state index is -2.53. The van der Waals surface area contributed by atoms with Crippen LogP contribution in [0.2, 0.25) is 0 Å². The third-order valence-corrected chi connectivity index (χ3v) is 6.51. The highest BCUT2D eigenvalue weighted by atomic mass is 19.3. The Bertz CT molecular complexity index is 1110. The van der Waals surface area contributed by atoms with Gasteiger partial charge in [0.15, 0.2) is 5.65 Å². The number of ether oxygens (including phenoxy) is 1. The van der Waals surface area contributed by atoms with Crippen LogP contribution in [0.1, 0.15) is 50.6 Å². The average Bonchev–Trinajstić information content (AvgIpc) is 3.17. The number of nitrogens with zero attached hydrogens (tertiary/aromatic N) is 4. The molecule has 0 radical (unpaired) electrons. The van der Waals surface area contributed by atoms with Crippen LogP contribution in [0.25, 0.3) is 11.2 Å². The third kappa shape index (κ3) is 4.77. The Labute approximate surface area is 191 Å². The van der Waals surface area contributed by atoms with Crippen LogP contribution in [0, 0.1) is 0 Å². The van der Waals surface area contributed by atoms with Gasteiger partial charge in [0.1, 0.15) is 5.52 Å². The molecule has 0 bridgehead atoms. The third-order valence-electron chi connectivity index (χ3n) is 6.51. The lowest BCUT2D eigenvalue weighted by Gasteiger charge is -2.34. The Kier molecular flexibility index (Phi) is 6.11. The van der Waals surface area contributed by atoms with Crippen LogP contribution in [0.5, 0.6) is 0 Å². The molecule has 2 aliphatic heterocycles. The van der Waals surface area contributed by atoms with Crippen LogP contribution >= 0.6 is 0 Å². The van der Waals surface area contributed by atoms with Crippen molar-refractivity contribution >= 4 is 28.7 Å². The highest BCUT2D eigenvalue weighted by Gasteiger charge is 2.29. The van der Waals surface area contributed by atoms with Gasteiger partial charge in [-0.15, -0.1) is 0 Å². The van der Waals surface area contributed by atoms with Crippen LogP contribution in [0.3, 0.4) is 0 Å². The maximum Gasteiger partial charge on any atom is 0.263 e. The molecule has 1 aromatic carbocycles. The highest BCUT2D eigenvalue weighted by Crippen LogP contribution is 2.32. The molecule has 0 aliphatic carbocycles. The summed E-state index contributed by atoms with van der Waals surface area (Å²) in [5.74, 6) is 1.15. The van der Waals surface area contributed by atoms with Crippen molar-refractivity contribution in [2.45, 2.75) is 50.6 Å². The van der Waals surface area contributed by atoms with Gasteiger partial charge in [-0.05, 0) is 57.8 Å². The van der Waals surface area contributed by atoms with E-state index in [1.165, 1.54) is 12.1 Å². The Morgan fingerprint density at radius 3 is 2.73 bits per heavy atom. The standard InChI is InChI=1S/C23H29F2N7O/c1-23(7-11-33-12-8-23)31-21-27-14-18-20(30-21)32(17-5-9-26-10-6-17)22(29-18)28-16-4-2-3-15(13-16)19(24)25/h2-4,13-14,17,19,26H,5-12H2,1H3,(H,28,29)(H,27,30,31). The Morgan fingerprint density at radius 1 is 1.18 bits per heavy atom. The van der Waals surface area contributed by atoms with E-state index in [9.17, 15) is 8.78 Å². The van der Waals surface area contributed by atoms with Gasteiger partial charge in [-0.25, -0.2) is 18.7 Å². The summed E-state index contributed by atoms with van der Waals surface area (Å²) in [7, 11) is 0. The summed E-state index contributed by atoms with van der Waals surface area (Å²) < 4.78 is 34.0. The van der Waals surface area contributed by atoms with Gasteiger partial charge in [-0.3, -0.25) is 4.57 Å². The molecule has 10 heteroatoms. The molecule has 3 N–H and O–H groups in total. The van der Waals surface area contributed by atoms with E-state index < -0.39 is 6.43 Å². The van der Waals surface area contributed by atoms with Gasteiger partial charge in [-0.1, -0.05) is 12.1 Å². The molecule has 0 atom stereocenters. The fourth-order valence-corrected chi connectivity index (χ4v) is 4.55. The lowest BCUT2D eigenvalue weighted by molar-refractivity contribution is 0.0656. The molecule has 2 fully saturated rings. The molecule has 2 aromatic heterocycles. The molecule has 8 nitrogen and oxygen atoms in total. The quantitative estimate of drug-likeness (QED) is 0.505. The number of nitrogens with one attached hydrogen (secondary N) is 3. The van der Waals surface area contributed by atoms with Crippen molar-refractivity contribution in [3.05, 3.63) is 36.0 Å². The number of rotatable bonds is 6. The van der Waals surface area contributed by atoms with Crippen LogP contribution in [0.15, 0.2) is 30.5 Å². The minimum Gasteiger partial charge on any atom is -0.381 e. The molecule has 176 valence electrons. The van der Waals surface area contributed by atoms with Crippen LogP contribution in [-0.2, 0) is 4.74 Å². The molecule has 3 aromatic rings. The first-order valence-electron chi connectivity index (χ1n) is 11.5. The first kappa shape index (κ1) is 22.0. The topological polar surface area (TPSA) is 88.9 Å². The van der Waals surface area contributed by atoms with Crippen LogP contribution in [0.4, 0.5) is 26.4 Å². The lowest BCUT2D eigenvalue weighted by atomic mass is 9.93. The largest absolute Gasteiger partial charge is 0.381 e. The van der Waals surface area contributed by atoms with Crippen molar-refractivity contribution in [2.75, 3.05) is 36.9 Å². The molecular weight excluding hydrogens is 428 g/mol. The first-order valence-corrected chi connectivity index (χ1v) is 11.5. The number of piperidine rings is 1. The van der Waals surface area contributed by atoms with Gasteiger partial charge in [0.25, 0.3) is 6.43 Å². The van der Waals surface area contributed by atoms with Crippen LogP contribution < -0.4 is 16.0 Å². The highest BCUT2D eigenvalue weighted by molar-refractivity contribution is 5.76. The number of halogens is 2. The summed E-state index contributed by atoms with van der Waals surface area (Å²) in [5, 5.41) is 10.1. The van der Waals surface area contributed by atoms with Crippen molar-refractivity contribution in [1.29, 1.82) is 0 Å². The van der Waals surface area contributed by atoms with E-state index in [0.29, 0.717) is 36.3 Å². The van der Waals surface area contributed by atoms with Crippen molar-refractivity contribution in [1.82, 2.24) is 24.8 Å². The number of aromatic nitrogens is 4. The van der Waals surface area contributed by atoms with Crippen molar-refractivity contribution in [3.63, 3.8) is 0 Å². The zero-order chi connectivity index (χ0) is 22.8. The van der Waals surface area contributed by atoms with E-state index in [-0.39, 0.29) is 17.1 Å². The van der Waals surface area contributed by atoms with E-state index in [4.69, 9.17) is 14.7 Å². The Balaban J connectivity index is 1.52. The summed E-state index contributed by atoms with van der Waals surface area (Å²) in [6, 6.07) is 6.46. The summed E-state index contributed by atoms with van der Waals surface area (Å²) >= 11 is 0. The zero-order valence-corrected chi connectivity index (χ0v) is 18.7. The fourth-order valence-electron chi connectivity index (χ4n) is 4.55. The second kappa shape index (κ2) is 9.18. The van der Waals surface area contributed by atoms with Gasteiger partial charge in [0.05, 0.1) is 6.20 Å². The van der Waals surface area contributed by atoms with Gasteiger partial charge in [0, 0.05) is 36.0 Å². The number of hydrogen-bond donors (Lipinski definition) is 3. The van der Waals surface area contributed by atoms with Gasteiger partial charge in [-0.2, -0.15) is 4.98 Å². The molecular formula is C23H29F2N7O. The fraction of sp³-hybridized carbons (Fsp3) is 0.522. The summed E-state index contributed by atoms with van der Waals surface area (Å²) in [5.41, 5.74) is 1.83. The van der Waals surface area contributed by atoms with Crippen LogP contribution in [-0.4, -0.2) is 51.4 Å². The predicted octanol–water partition coefficient (Wildman–Crippen LogP) is 4.41. The zero-order valence-electron chi connectivity index (χ0n) is 18.7. The molecule has 0 spiro atoms. The summed E-state index contributed by atoms with van der Waals surface area (Å²) in [6.07, 6.45) is 2.83. The van der Waals surface area contributed by atoms with E-state index in [2.05, 4.69) is 32.4 Å². The molecule has 2 saturated heterocycles. The molecule has 2 aliphatic rings. The number of benzene rings is 1. The van der Waals surface area contributed by atoms with Gasteiger partial charge < -0.3 is 20.7 Å². The van der Waals surface area contributed by atoms with E-state index in [1.807, 2.05) is 0 Å². The minimum absolute atomic E-state index is 0.0273. The Morgan fingerprint density at radius 2 is 1.97 bits per heavy atom. The maximum absolute atomic E-state index is 13.2. The normalized spacial score (nSPS) is 19.2. The lowest BCUT2D eigenvalue weighted by Crippen LogP contribution is -2.41. The number of alkyl halides is 2. The summed E-state index contributed by atoms with van der Waals surface area (Å²) in [6.45, 7) is 5.39. The molecule has 4 heterocycles. The van der Waals surface area contributed by atoms with E-state index in [0.717, 1.165) is 44.4 Å². The summed E-state index contributed by atoms with van der Waals surface area (Å²) in [4.78, 5) is 14.1. The molecule has 33 heavy (non-hydrogen) atoms. The van der Waals surface area contributed by atoms with Crippen molar-refractivity contribution < 1.29 is 13.5 Å². The van der Waals surface area contributed by atoms with Crippen molar-refractivity contribution in [3.8, 4) is 0 Å². The second-order valence-corrected chi connectivity index (χ2v) is 9.04. The molecule has 0 saturated carbocycles. The van der Waals surface area contributed by atoms with E-state index >= 15 is 0 Å². The predicted molar refractivity (Wildman–Crippen MR) is 123 cm³/mol. The Hall–Kier alpha value is -2.85. The van der Waals surface area contributed by atoms with Gasteiger partial charge in [0.2, 0.25) is 11.9 Å². The number of anilines is 3. The monoisotopic (exact) mass is 457 g/mol. The smallest absolute Gasteiger partial charge is 0.263 e. The average molecular weight is 458 g/mol. The second-order valence-electron chi connectivity index (χ2n) is 9.04. The molecule has 0 unspecified atom stereocenters. The number of imidazole rings is 1. The van der Waals surface area contributed by atoms with Crippen molar-refractivity contribution in [2.24, 2.45) is 0 Å². The van der Waals surface area contributed by atoms with E-state index in [1.54, 1.807) is 18.3 Å². The molecule has 5 rings (SSSR count). The molecule has 0 amide bonds. The number of fused-ring (bicyclic) bond motifs is 1.